The molecule has 0 bridgehead atoms. The Balaban J connectivity index is 1.62. The summed E-state index contributed by atoms with van der Waals surface area (Å²) in [7, 11) is 0. The average Bonchev–Trinajstić information content (AvgIpc) is 2.83. The maximum atomic E-state index is 12.6. The number of thioether (sulfide) groups is 1. The Morgan fingerprint density at radius 3 is 2.31 bits per heavy atom. The third kappa shape index (κ3) is 7.16. The molecular formula is C26H24N4O4S. The van der Waals surface area contributed by atoms with Crippen molar-refractivity contribution in [1.82, 2.24) is 4.98 Å². The fraction of sp³-hybridized carbons (Fsp3) is 0.192. The molecule has 3 aromatic rings. The van der Waals surface area contributed by atoms with E-state index in [0.717, 1.165) is 11.8 Å². The fourth-order valence-electron chi connectivity index (χ4n) is 3.03. The van der Waals surface area contributed by atoms with Gasteiger partial charge < -0.3 is 15.4 Å². The van der Waals surface area contributed by atoms with Crippen molar-refractivity contribution in [3.05, 3.63) is 83.0 Å². The van der Waals surface area contributed by atoms with E-state index in [0.29, 0.717) is 27.7 Å². The summed E-state index contributed by atoms with van der Waals surface area (Å²) in [4.78, 5) is 41.4. The topological polar surface area (TPSA) is 121 Å². The van der Waals surface area contributed by atoms with E-state index in [2.05, 4.69) is 15.6 Å². The van der Waals surface area contributed by atoms with Gasteiger partial charge in [0.1, 0.15) is 11.1 Å². The van der Waals surface area contributed by atoms with Crippen molar-refractivity contribution < 1.29 is 19.1 Å². The van der Waals surface area contributed by atoms with Crippen LogP contribution in [-0.4, -0.2) is 34.6 Å². The number of anilines is 2. The second-order valence-corrected chi connectivity index (χ2v) is 8.74. The van der Waals surface area contributed by atoms with Gasteiger partial charge in [0.2, 0.25) is 5.91 Å². The average molecular weight is 489 g/mol. The maximum Gasteiger partial charge on any atom is 0.338 e. The second kappa shape index (κ2) is 11.8. The van der Waals surface area contributed by atoms with E-state index in [1.165, 1.54) is 6.07 Å². The Labute approximate surface area is 207 Å². The van der Waals surface area contributed by atoms with Gasteiger partial charge in [-0.05, 0) is 63.2 Å². The molecule has 0 aliphatic heterocycles. The van der Waals surface area contributed by atoms with E-state index < -0.39 is 5.97 Å². The lowest BCUT2D eigenvalue weighted by Gasteiger charge is -2.11. The quantitative estimate of drug-likeness (QED) is 0.345. The van der Waals surface area contributed by atoms with Crippen LogP contribution in [0.5, 0.6) is 0 Å². The number of benzene rings is 2. The molecular weight excluding hydrogens is 464 g/mol. The molecule has 0 fully saturated rings. The van der Waals surface area contributed by atoms with Gasteiger partial charge in [0.05, 0.1) is 34.2 Å². The number of carbonyl (C=O) groups is 3. The summed E-state index contributed by atoms with van der Waals surface area (Å²) in [5.41, 5.74) is 2.49. The molecule has 0 aliphatic carbocycles. The SMILES string of the molecule is Cc1nc(SCC(=O)Nc2ccc(C(=O)OC(C)C)cc2)c(C#N)cc1C(=O)Nc1ccccc1. The van der Waals surface area contributed by atoms with Crippen molar-refractivity contribution in [2.45, 2.75) is 31.9 Å². The molecule has 9 heteroatoms. The number of amides is 2. The third-order valence-corrected chi connectivity index (χ3v) is 5.65. The minimum atomic E-state index is -0.431. The Morgan fingerprint density at radius 2 is 1.69 bits per heavy atom. The molecule has 1 heterocycles. The number of pyridine rings is 1. The molecule has 8 nitrogen and oxygen atoms in total. The number of aryl methyl sites for hydroxylation is 1. The Hall–Kier alpha value is -4.16. The zero-order valence-corrected chi connectivity index (χ0v) is 20.3. The lowest BCUT2D eigenvalue weighted by Crippen LogP contribution is -2.16. The lowest BCUT2D eigenvalue weighted by molar-refractivity contribution is -0.113. The van der Waals surface area contributed by atoms with E-state index in [-0.39, 0.29) is 34.8 Å². The summed E-state index contributed by atoms with van der Waals surface area (Å²) in [6.07, 6.45) is -0.221. The molecule has 2 aromatic carbocycles. The number of nitrogens with zero attached hydrogens (tertiary/aromatic N) is 2. The summed E-state index contributed by atoms with van der Waals surface area (Å²) in [5, 5.41) is 15.4. The Bertz CT molecular complexity index is 1270. The van der Waals surface area contributed by atoms with Gasteiger partial charge in [-0.25, -0.2) is 9.78 Å². The molecule has 0 radical (unpaired) electrons. The minimum Gasteiger partial charge on any atom is -0.459 e. The summed E-state index contributed by atoms with van der Waals surface area (Å²) < 4.78 is 5.14. The fourth-order valence-corrected chi connectivity index (χ4v) is 3.83. The third-order valence-electron chi connectivity index (χ3n) is 4.66. The normalized spacial score (nSPS) is 10.4. The highest BCUT2D eigenvalue weighted by Crippen LogP contribution is 2.24. The lowest BCUT2D eigenvalue weighted by atomic mass is 10.1. The first kappa shape index (κ1) is 25.5. The number of nitriles is 1. The van der Waals surface area contributed by atoms with Crippen molar-refractivity contribution in [3.8, 4) is 6.07 Å². The van der Waals surface area contributed by atoms with Gasteiger partial charge in [0, 0.05) is 11.4 Å². The molecule has 0 saturated heterocycles. The minimum absolute atomic E-state index is 0.00776. The number of rotatable bonds is 8. The van der Waals surface area contributed by atoms with Crippen molar-refractivity contribution in [2.75, 3.05) is 16.4 Å². The molecule has 178 valence electrons. The highest BCUT2D eigenvalue weighted by Gasteiger charge is 2.17. The molecule has 0 unspecified atom stereocenters. The van der Waals surface area contributed by atoms with E-state index in [1.54, 1.807) is 69.3 Å². The summed E-state index contributed by atoms with van der Waals surface area (Å²) >= 11 is 1.10. The summed E-state index contributed by atoms with van der Waals surface area (Å²) in [6.45, 7) is 5.22. The van der Waals surface area contributed by atoms with Gasteiger partial charge in [-0.15, -0.1) is 0 Å². The molecule has 2 amide bonds. The molecule has 3 rings (SSSR count). The van der Waals surface area contributed by atoms with Crippen LogP contribution in [0, 0.1) is 18.3 Å². The number of ether oxygens (including phenoxy) is 1. The van der Waals surface area contributed by atoms with Crippen molar-refractivity contribution in [3.63, 3.8) is 0 Å². The number of nitrogens with one attached hydrogen (secondary N) is 2. The smallest absolute Gasteiger partial charge is 0.338 e. The van der Waals surface area contributed by atoms with Crippen LogP contribution in [0.25, 0.3) is 0 Å². The van der Waals surface area contributed by atoms with E-state index in [9.17, 15) is 19.6 Å². The molecule has 0 aliphatic rings. The van der Waals surface area contributed by atoms with Crippen LogP contribution in [-0.2, 0) is 9.53 Å². The Morgan fingerprint density at radius 1 is 1.03 bits per heavy atom. The van der Waals surface area contributed by atoms with Gasteiger partial charge in [-0.3, -0.25) is 9.59 Å². The van der Waals surface area contributed by atoms with Gasteiger partial charge in [0.15, 0.2) is 0 Å². The van der Waals surface area contributed by atoms with Crippen LogP contribution in [0.4, 0.5) is 11.4 Å². The highest BCUT2D eigenvalue weighted by atomic mass is 32.2. The van der Waals surface area contributed by atoms with Crippen molar-refractivity contribution in [2.24, 2.45) is 0 Å². The van der Waals surface area contributed by atoms with Gasteiger partial charge >= 0.3 is 5.97 Å². The predicted molar refractivity (Wildman–Crippen MR) is 134 cm³/mol. The standard InChI is InChI=1S/C26H24N4O4S/c1-16(2)34-26(33)18-9-11-21(12-10-18)29-23(31)15-35-25-19(14-27)13-22(17(3)28-25)24(32)30-20-7-5-4-6-8-20/h4-13,16H,15H2,1-3H3,(H,29,31)(H,30,32). The largest absolute Gasteiger partial charge is 0.459 e. The van der Waals surface area contributed by atoms with Crippen LogP contribution in [0.3, 0.4) is 0 Å². The zero-order valence-electron chi connectivity index (χ0n) is 19.5. The van der Waals surface area contributed by atoms with E-state index in [4.69, 9.17) is 4.74 Å². The zero-order chi connectivity index (χ0) is 25.4. The number of esters is 1. The van der Waals surface area contributed by atoms with Crippen LogP contribution >= 0.6 is 11.8 Å². The molecule has 2 N–H and O–H groups in total. The molecule has 0 atom stereocenters. The molecule has 0 spiro atoms. The van der Waals surface area contributed by atoms with Gasteiger partial charge in [-0.2, -0.15) is 5.26 Å². The first-order valence-corrected chi connectivity index (χ1v) is 11.8. The van der Waals surface area contributed by atoms with Crippen LogP contribution in [0.15, 0.2) is 65.7 Å². The first-order valence-electron chi connectivity index (χ1n) is 10.8. The number of hydrogen-bond acceptors (Lipinski definition) is 7. The Kier molecular flexibility index (Phi) is 8.59. The maximum absolute atomic E-state index is 12.6. The molecule has 0 saturated carbocycles. The monoisotopic (exact) mass is 488 g/mol. The molecule has 1 aromatic heterocycles. The first-order chi connectivity index (χ1) is 16.8. The predicted octanol–water partition coefficient (Wildman–Crippen LogP) is 4.81. The van der Waals surface area contributed by atoms with Crippen LogP contribution in [0.2, 0.25) is 0 Å². The second-order valence-electron chi connectivity index (χ2n) is 7.77. The van der Waals surface area contributed by atoms with Gasteiger partial charge in [-0.1, -0.05) is 30.0 Å². The van der Waals surface area contributed by atoms with Crippen molar-refractivity contribution >= 4 is 40.9 Å². The van der Waals surface area contributed by atoms with Crippen LogP contribution < -0.4 is 10.6 Å². The number of carbonyl (C=O) groups excluding carboxylic acids is 3. The van der Waals surface area contributed by atoms with Crippen molar-refractivity contribution in [1.29, 1.82) is 5.26 Å². The number of para-hydroxylation sites is 1. The summed E-state index contributed by atoms with van der Waals surface area (Å²) in [6, 6.07) is 18.9. The number of aromatic nitrogens is 1. The summed E-state index contributed by atoms with van der Waals surface area (Å²) in [5.74, 6) is -1.09. The number of hydrogen-bond donors (Lipinski definition) is 2. The van der Waals surface area contributed by atoms with E-state index >= 15 is 0 Å². The highest BCUT2D eigenvalue weighted by molar-refractivity contribution is 8.00. The van der Waals surface area contributed by atoms with E-state index in [1.807, 2.05) is 12.1 Å². The van der Waals surface area contributed by atoms with Crippen LogP contribution in [0.1, 0.15) is 45.8 Å². The molecule has 35 heavy (non-hydrogen) atoms. The van der Waals surface area contributed by atoms with Gasteiger partial charge in [0.25, 0.3) is 5.91 Å².